The van der Waals surface area contributed by atoms with Crippen molar-refractivity contribution in [2.75, 3.05) is 6.61 Å². The van der Waals surface area contributed by atoms with Crippen LogP contribution in [0.25, 0.3) is 0 Å². The molecule has 0 unspecified atom stereocenters. The topological polar surface area (TPSA) is 196 Å². The lowest BCUT2D eigenvalue weighted by Gasteiger charge is -2.31. The van der Waals surface area contributed by atoms with Gasteiger partial charge in [-0.15, -0.1) is 0 Å². The van der Waals surface area contributed by atoms with Gasteiger partial charge in [-0.2, -0.15) is 0 Å². The van der Waals surface area contributed by atoms with Crippen LogP contribution in [0.2, 0.25) is 0 Å². The zero-order valence-electron chi connectivity index (χ0n) is 8.91. The number of carbonyl (C=O) groups is 2. The van der Waals surface area contributed by atoms with Crippen LogP contribution in [-0.4, -0.2) is 89.4 Å². The highest BCUT2D eigenvalue weighted by Gasteiger charge is 2.55. The Morgan fingerprint density at radius 2 is 1.33 bits per heavy atom. The number of hydrogen-bond acceptors (Lipinski definition) is 8. The molecule has 0 aromatic rings. The maximum absolute atomic E-state index is 10.6. The summed E-state index contributed by atoms with van der Waals surface area (Å²) in [5, 5.41) is 71.4. The molecule has 18 heavy (non-hydrogen) atoms. The molecule has 8 N–H and O–H groups in total. The molecule has 4 atom stereocenters. The summed E-state index contributed by atoms with van der Waals surface area (Å²) in [7, 11) is 0. The zero-order valence-corrected chi connectivity index (χ0v) is 8.91. The van der Waals surface area contributed by atoms with E-state index in [9.17, 15) is 24.9 Å². The molecule has 0 aliphatic heterocycles. The van der Waals surface area contributed by atoms with Crippen molar-refractivity contribution in [3.63, 3.8) is 0 Å². The second-order valence-corrected chi connectivity index (χ2v) is 3.55. The molecule has 0 fully saturated rings. The first-order valence-corrected chi connectivity index (χ1v) is 4.63. The fourth-order valence-corrected chi connectivity index (χ4v) is 1.11. The third-order valence-electron chi connectivity index (χ3n) is 2.33. The van der Waals surface area contributed by atoms with E-state index < -0.39 is 48.6 Å². The molecule has 0 radical (unpaired) electrons. The maximum Gasteiger partial charge on any atom is 0.350 e. The van der Waals surface area contributed by atoms with Gasteiger partial charge in [0.2, 0.25) is 0 Å². The first kappa shape index (κ1) is 16.7. The minimum atomic E-state index is -3.77. The minimum Gasteiger partial charge on any atom is -0.479 e. The number of aliphatic hydroxyl groups excluding tert-OH is 5. The number of carboxylic acid groups (broad SMARTS) is 2. The average molecular weight is 270 g/mol. The summed E-state index contributed by atoms with van der Waals surface area (Å²) in [5.74, 6) is -4.74. The second kappa shape index (κ2) is 6.04. The third kappa shape index (κ3) is 2.93. The lowest BCUT2D eigenvalue weighted by atomic mass is 9.89. The van der Waals surface area contributed by atoms with Gasteiger partial charge in [-0.25, -0.2) is 9.59 Å². The summed E-state index contributed by atoms with van der Waals surface area (Å²) in [4.78, 5) is 21.2. The van der Waals surface area contributed by atoms with E-state index in [1.165, 1.54) is 0 Å². The van der Waals surface area contributed by atoms with Gasteiger partial charge in [0.05, 0.1) is 6.61 Å². The number of carboxylic acids is 2. The molecule has 0 amide bonds. The molecule has 0 bridgehead atoms. The van der Waals surface area contributed by atoms with Gasteiger partial charge in [-0.05, 0) is 0 Å². The molecule has 0 aromatic heterocycles. The summed E-state index contributed by atoms with van der Waals surface area (Å²) in [6.45, 7) is -1.04. The molecule has 0 aromatic carbocycles. The highest BCUT2D eigenvalue weighted by molar-refractivity contribution is 6.02. The van der Waals surface area contributed by atoms with Crippen molar-refractivity contribution in [3.05, 3.63) is 0 Å². The quantitative estimate of drug-likeness (QED) is 0.208. The van der Waals surface area contributed by atoms with Gasteiger partial charge in [0.15, 0.2) is 0 Å². The average Bonchev–Trinajstić information content (AvgIpc) is 2.33. The van der Waals surface area contributed by atoms with Crippen molar-refractivity contribution in [1.29, 1.82) is 0 Å². The smallest absolute Gasteiger partial charge is 0.350 e. The van der Waals surface area contributed by atoms with E-state index in [0.29, 0.717) is 0 Å². The molecule has 10 heteroatoms. The summed E-state index contributed by atoms with van der Waals surface area (Å²) < 4.78 is 0. The van der Waals surface area contributed by atoms with Crippen LogP contribution in [0, 0.1) is 0 Å². The largest absolute Gasteiger partial charge is 0.479 e. The van der Waals surface area contributed by atoms with Crippen molar-refractivity contribution >= 4 is 11.9 Å². The fourth-order valence-electron chi connectivity index (χ4n) is 1.11. The van der Waals surface area contributed by atoms with Crippen LogP contribution in [0.5, 0.6) is 0 Å². The van der Waals surface area contributed by atoms with E-state index in [1.807, 2.05) is 0 Å². The fraction of sp³-hybridized carbons (Fsp3) is 0.750. The highest BCUT2D eigenvalue weighted by atomic mass is 16.5. The number of aliphatic hydroxyl groups is 6. The summed E-state index contributed by atoms with van der Waals surface area (Å²) in [5.41, 5.74) is -3.77. The standard InChI is InChI=1S/C8H14O10/c9-1-2(10)3(11)4(12)5(13)8(18,6(14)15)7(16)17/h2-5,9-13,18H,1H2,(H,14,15)(H,16,17)/t2-,3+,4-,5-/m1/s1. The number of hydrogen-bond donors (Lipinski definition) is 8. The first-order chi connectivity index (χ1) is 8.10. The Bertz CT molecular complexity index is 301. The second-order valence-electron chi connectivity index (χ2n) is 3.55. The van der Waals surface area contributed by atoms with Crippen molar-refractivity contribution in [2.45, 2.75) is 30.0 Å². The molecule has 10 nitrogen and oxygen atoms in total. The van der Waals surface area contributed by atoms with E-state index in [4.69, 9.17) is 25.5 Å². The maximum atomic E-state index is 10.6. The van der Waals surface area contributed by atoms with E-state index in [0.717, 1.165) is 0 Å². The minimum absolute atomic E-state index is 1.04. The Hall–Kier alpha value is -1.30. The Morgan fingerprint density at radius 1 is 0.944 bits per heavy atom. The monoisotopic (exact) mass is 270 g/mol. The van der Waals surface area contributed by atoms with Crippen LogP contribution in [0.15, 0.2) is 0 Å². The Kier molecular flexibility index (Phi) is 5.60. The van der Waals surface area contributed by atoms with Crippen molar-refractivity contribution < 1.29 is 50.4 Å². The number of aliphatic carboxylic acids is 2. The molecule has 0 heterocycles. The molecule has 0 aliphatic rings. The molecule has 0 spiro atoms. The van der Waals surface area contributed by atoms with Crippen molar-refractivity contribution in [2.24, 2.45) is 0 Å². The van der Waals surface area contributed by atoms with E-state index in [2.05, 4.69) is 0 Å². The van der Waals surface area contributed by atoms with Gasteiger partial charge in [0.25, 0.3) is 5.60 Å². The Labute approximate surface area is 100.0 Å². The number of rotatable bonds is 7. The summed E-state index contributed by atoms with van der Waals surface area (Å²) >= 11 is 0. The predicted octanol–water partition coefficient (Wildman–Crippen LogP) is -4.68. The zero-order chi connectivity index (χ0) is 14.7. The van der Waals surface area contributed by atoms with Gasteiger partial charge in [0.1, 0.15) is 24.4 Å². The highest BCUT2D eigenvalue weighted by Crippen LogP contribution is 2.18. The van der Waals surface area contributed by atoms with Crippen molar-refractivity contribution in [1.82, 2.24) is 0 Å². The van der Waals surface area contributed by atoms with E-state index in [1.54, 1.807) is 0 Å². The van der Waals surface area contributed by atoms with Crippen LogP contribution in [0.4, 0.5) is 0 Å². The molecule has 0 rings (SSSR count). The SMILES string of the molecule is O=C(O)C(O)(C(=O)O)[C@H](O)[C@H](O)[C@@H](O)[C@H](O)CO. The predicted molar refractivity (Wildman–Crippen MR) is 51.3 cm³/mol. The normalized spacial score (nSPS) is 18.8. The molecular weight excluding hydrogens is 256 g/mol. The van der Waals surface area contributed by atoms with Crippen LogP contribution in [0.3, 0.4) is 0 Å². The van der Waals surface area contributed by atoms with Crippen LogP contribution >= 0.6 is 0 Å². The van der Waals surface area contributed by atoms with Gasteiger partial charge in [0, 0.05) is 0 Å². The molecule has 0 saturated carbocycles. The summed E-state index contributed by atoms with van der Waals surface area (Å²) in [6.07, 6.45) is -9.55. The lowest BCUT2D eigenvalue weighted by molar-refractivity contribution is -0.207. The van der Waals surface area contributed by atoms with E-state index >= 15 is 0 Å². The van der Waals surface area contributed by atoms with Gasteiger partial charge in [-0.1, -0.05) is 0 Å². The van der Waals surface area contributed by atoms with Crippen LogP contribution in [-0.2, 0) is 9.59 Å². The molecule has 0 aliphatic carbocycles. The Morgan fingerprint density at radius 3 is 1.61 bits per heavy atom. The summed E-state index contributed by atoms with van der Waals surface area (Å²) in [6, 6.07) is 0. The van der Waals surface area contributed by atoms with Gasteiger partial charge >= 0.3 is 11.9 Å². The molecular formula is C8H14O10. The molecule has 0 saturated heterocycles. The first-order valence-electron chi connectivity index (χ1n) is 4.63. The van der Waals surface area contributed by atoms with Crippen LogP contribution < -0.4 is 0 Å². The van der Waals surface area contributed by atoms with Crippen LogP contribution in [0.1, 0.15) is 0 Å². The third-order valence-corrected chi connectivity index (χ3v) is 2.33. The van der Waals surface area contributed by atoms with Gasteiger partial charge in [-0.3, -0.25) is 0 Å². The lowest BCUT2D eigenvalue weighted by Crippen LogP contribution is -2.63. The van der Waals surface area contributed by atoms with E-state index in [-0.39, 0.29) is 0 Å². The Balaban J connectivity index is 5.17. The van der Waals surface area contributed by atoms with Gasteiger partial charge < -0.3 is 40.9 Å². The van der Waals surface area contributed by atoms with Crippen molar-refractivity contribution in [3.8, 4) is 0 Å². The molecule has 106 valence electrons.